The van der Waals surface area contributed by atoms with Crippen molar-refractivity contribution in [1.82, 2.24) is 4.90 Å². The molecule has 1 fully saturated rings. The number of hydrogen-bond donors (Lipinski definition) is 2. The molecule has 0 unspecified atom stereocenters. The molecule has 0 bridgehead atoms. The number of hydrogen-bond acceptors (Lipinski definition) is 5. The monoisotopic (exact) mass is 293 g/mol. The van der Waals surface area contributed by atoms with E-state index in [1.165, 1.54) is 31.0 Å². The van der Waals surface area contributed by atoms with E-state index in [9.17, 15) is 14.9 Å². The minimum Gasteiger partial charge on any atom is -0.478 e. The second-order valence-electron chi connectivity index (χ2n) is 5.05. The van der Waals surface area contributed by atoms with Gasteiger partial charge in [0.2, 0.25) is 0 Å². The van der Waals surface area contributed by atoms with E-state index in [1.54, 1.807) is 0 Å². The van der Waals surface area contributed by atoms with Gasteiger partial charge in [-0.15, -0.1) is 0 Å². The van der Waals surface area contributed by atoms with E-state index in [2.05, 4.69) is 17.1 Å². The lowest BCUT2D eigenvalue weighted by molar-refractivity contribution is -0.384. The topological polar surface area (TPSA) is 95.7 Å². The minimum absolute atomic E-state index is 0.0707. The SMILES string of the molecule is CCN(CCNc1c(C(=O)O)cccc1[N+](=O)[O-])C1CC1. The smallest absolute Gasteiger partial charge is 0.338 e. The van der Waals surface area contributed by atoms with Crippen molar-refractivity contribution >= 4 is 17.3 Å². The fourth-order valence-electron chi connectivity index (χ4n) is 2.42. The second kappa shape index (κ2) is 6.53. The number of carboxylic acids is 1. The van der Waals surface area contributed by atoms with Gasteiger partial charge in [-0.2, -0.15) is 0 Å². The lowest BCUT2D eigenvalue weighted by Gasteiger charge is -2.20. The highest BCUT2D eigenvalue weighted by Gasteiger charge is 2.27. The van der Waals surface area contributed by atoms with Gasteiger partial charge in [0.1, 0.15) is 5.69 Å². The number of aromatic carboxylic acids is 1. The summed E-state index contributed by atoms with van der Waals surface area (Å²) in [6, 6.07) is 4.68. The number of nitrogens with zero attached hydrogens (tertiary/aromatic N) is 2. The third kappa shape index (κ3) is 3.69. The number of likely N-dealkylation sites (N-methyl/N-ethyl adjacent to an activating group) is 1. The molecular weight excluding hydrogens is 274 g/mol. The highest BCUT2D eigenvalue weighted by atomic mass is 16.6. The summed E-state index contributed by atoms with van der Waals surface area (Å²) in [5, 5.41) is 23.1. The molecule has 7 heteroatoms. The van der Waals surface area contributed by atoms with E-state index in [4.69, 9.17) is 5.11 Å². The van der Waals surface area contributed by atoms with Crippen LogP contribution in [0.2, 0.25) is 0 Å². The Hall–Kier alpha value is -2.15. The molecule has 0 heterocycles. The summed E-state index contributed by atoms with van der Waals surface area (Å²) in [6.45, 7) is 4.22. The van der Waals surface area contributed by atoms with Gasteiger partial charge in [-0.3, -0.25) is 15.0 Å². The lowest BCUT2D eigenvalue weighted by atomic mass is 10.1. The molecule has 0 saturated heterocycles. The molecular formula is C14H19N3O4. The number of nitro groups is 1. The highest BCUT2D eigenvalue weighted by Crippen LogP contribution is 2.29. The molecule has 1 aromatic rings. The van der Waals surface area contributed by atoms with Crippen molar-refractivity contribution in [2.24, 2.45) is 0 Å². The maximum Gasteiger partial charge on any atom is 0.338 e. The second-order valence-corrected chi connectivity index (χ2v) is 5.05. The Bertz CT molecular complexity index is 511. The summed E-state index contributed by atoms with van der Waals surface area (Å²) < 4.78 is 0. The molecule has 0 atom stereocenters. The van der Waals surface area contributed by atoms with E-state index in [-0.39, 0.29) is 16.9 Å². The average molecular weight is 293 g/mol. The predicted octanol–water partition coefficient (Wildman–Crippen LogP) is 2.19. The molecule has 2 N–H and O–H groups in total. The zero-order valence-corrected chi connectivity index (χ0v) is 11.9. The van der Waals surface area contributed by atoms with Crippen molar-refractivity contribution < 1.29 is 14.8 Å². The Kier molecular flexibility index (Phi) is 4.74. The highest BCUT2D eigenvalue weighted by molar-refractivity contribution is 5.96. The van der Waals surface area contributed by atoms with Crippen LogP contribution in [0, 0.1) is 10.1 Å². The van der Waals surface area contributed by atoms with Crippen molar-refractivity contribution in [3.63, 3.8) is 0 Å². The van der Waals surface area contributed by atoms with Gasteiger partial charge >= 0.3 is 5.97 Å². The number of carbonyl (C=O) groups is 1. The van der Waals surface area contributed by atoms with Gasteiger partial charge in [-0.25, -0.2) is 4.79 Å². The maximum absolute atomic E-state index is 11.2. The molecule has 0 spiro atoms. The van der Waals surface area contributed by atoms with Crippen molar-refractivity contribution in [2.45, 2.75) is 25.8 Å². The summed E-state index contributed by atoms with van der Waals surface area (Å²) in [5.41, 5.74) is -0.190. The van der Waals surface area contributed by atoms with Crippen LogP contribution in [0.25, 0.3) is 0 Å². The minimum atomic E-state index is -1.17. The normalized spacial score (nSPS) is 14.2. The van der Waals surface area contributed by atoms with Crippen LogP contribution >= 0.6 is 0 Å². The van der Waals surface area contributed by atoms with Crippen LogP contribution in [0.4, 0.5) is 11.4 Å². The summed E-state index contributed by atoms with van der Waals surface area (Å²) >= 11 is 0. The van der Waals surface area contributed by atoms with E-state index in [0.717, 1.165) is 13.1 Å². The zero-order chi connectivity index (χ0) is 15.4. The Balaban J connectivity index is 2.09. The standard InChI is InChI=1S/C14H19N3O4/c1-2-16(10-6-7-10)9-8-15-13-11(14(18)19)4-3-5-12(13)17(20)21/h3-5,10,15H,2,6-9H2,1H3,(H,18,19). The molecule has 1 aromatic carbocycles. The van der Waals surface area contributed by atoms with Crippen molar-refractivity contribution in [2.75, 3.05) is 25.0 Å². The molecule has 0 radical (unpaired) electrons. The van der Waals surface area contributed by atoms with Crippen LogP contribution in [0.15, 0.2) is 18.2 Å². The third-order valence-electron chi connectivity index (χ3n) is 3.64. The van der Waals surface area contributed by atoms with Crippen molar-refractivity contribution in [3.05, 3.63) is 33.9 Å². The molecule has 21 heavy (non-hydrogen) atoms. The van der Waals surface area contributed by atoms with E-state index in [0.29, 0.717) is 12.6 Å². The van der Waals surface area contributed by atoms with Gasteiger partial charge in [0.05, 0.1) is 10.5 Å². The quantitative estimate of drug-likeness (QED) is 0.563. The summed E-state index contributed by atoms with van der Waals surface area (Å²) in [6.07, 6.45) is 2.39. The van der Waals surface area contributed by atoms with E-state index in [1.807, 2.05) is 0 Å². The first-order valence-corrected chi connectivity index (χ1v) is 7.03. The zero-order valence-electron chi connectivity index (χ0n) is 11.9. The Labute approximate surface area is 122 Å². The van der Waals surface area contributed by atoms with Crippen molar-refractivity contribution in [1.29, 1.82) is 0 Å². The predicted molar refractivity (Wildman–Crippen MR) is 78.8 cm³/mol. The molecule has 0 aromatic heterocycles. The Morgan fingerprint density at radius 2 is 2.24 bits per heavy atom. The number of nitrogens with one attached hydrogen (secondary N) is 1. The molecule has 0 aliphatic heterocycles. The summed E-state index contributed by atoms with van der Waals surface area (Å²) in [5.74, 6) is -1.17. The van der Waals surface area contributed by atoms with Crippen LogP contribution in [-0.4, -0.2) is 46.6 Å². The average Bonchev–Trinajstić information content (AvgIpc) is 3.27. The Morgan fingerprint density at radius 3 is 2.76 bits per heavy atom. The van der Waals surface area contributed by atoms with Gasteiger partial charge in [0.15, 0.2) is 0 Å². The number of carboxylic acid groups (broad SMARTS) is 1. The number of benzene rings is 1. The van der Waals surface area contributed by atoms with Crippen LogP contribution in [0.3, 0.4) is 0 Å². The molecule has 114 valence electrons. The first-order chi connectivity index (χ1) is 10.0. The molecule has 1 aliphatic rings. The van der Waals surface area contributed by atoms with Crippen LogP contribution in [0.1, 0.15) is 30.1 Å². The number of rotatable bonds is 8. The molecule has 2 rings (SSSR count). The van der Waals surface area contributed by atoms with Gasteiger partial charge in [0, 0.05) is 25.2 Å². The number of nitro benzene ring substituents is 1. The number of anilines is 1. The van der Waals surface area contributed by atoms with Gasteiger partial charge in [-0.1, -0.05) is 13.0 Å². The van der Waals surface area contributed by atoms with E-state index < -0.39 is 10.9 Å². The maximum atomic E-state index is 11.2. The van der Waals surface area contributed by atoms with Crippen molar-refractivity contribution in [3.8, 4) is 0 Å². The summed E-state index contributed by atoms with van der Waals surface area (Å²) in [4.78, 5) is 24.0. The molecule has 7 nitrogen and oxygen atoms in total. The van der Waals surface area contributed by atoms with Crippen LogP contribution in [0.5, 0.6) is 0 Å². The van der Waals surface area contributed by atoms with Crippen LogP contribution < -0.4 is 5.32 Å². The third-order valence-corrected chi connectivity index (χ3v) is 3.64. The lowest BCUT2D eigenvalue weighted by Crippen LogP contribution is -2.31. The Morgan fingerprint density at radius 1 is 1.52 bits per heavy atom. The fourth-order valence-corrected chi connectivity index (χ4v) is 2.42. The molecule has 1 aliphatic carbocycles. The first-order valence-electron chi connectivity index (χ1n) is 7.03. The van der Waals surface area contributed by atoms with Gasteiger partial charge in [-0.05, 0) is 25.5 Å². The first kappa shape index (κ1) is 15.2. The van der Waals surface area contributed by atoms with Gasteiger partial charge < -0.3 is 10.4 Å². The number of para-hydroxylation sites is 1. The van der Waals surface area contributed by atoms with Crippen LogP contribution in [-0.2, 0) is 0 Å². The fraction of sp³-hybridized carbons (Fsp3) is 0.500. The summed E-state index contributed by atoms with van der Waals surface area (Å²) in [7, 11) is 0. The molecule has 0 amide bonds. The molecule has 1 saturated carbocycles. The van der Waals surface area contributed by atoms with E-state index >= 15 is 0 Å². The largest absolute Gasteiger partial charge is 0.478 e. The van der Waals surface area contributed by atoms with Gasteiger partial charge in [0.25, 0.3) is 5.69 Å².